The van der Waals surface area contributed by atoms with Gasteiger partial charge in [-0.25, -0.2) is 0 Å². The molecule has 0 aromatic carbocycles. The predicted molar refractivity (Wildman–Crippen MR) is 64.6 cm³/mol. The maximum Gasteiger partial charge on any atom is 0.239 e. The van der Waals surface area contributed by atoms with Gasteiger partial charge in [0.1, 0.15) is 0 Å². The van der Waals surface area contributed by atoms with Gasteiger partial charge < -0.3 is 10.6 Å². The van der Waals surface area contributed by atoms with E-state index in [0.29, 0.717) is 5.92 Å². The zero-order chi connectivity index (χ0) is 11.8. The molecule has 15 heavy (non-hydrogen) atoms. The molecule has 0 aromatic heterocycles. The zero-order valence-corrected chi connectivity index (χ0v) is 10.6. The summed E-state index contributed by atoms with van der Waals surface area (Å²) in [6.45, 7) is 7.25. The van der Waals surface area contributed by atoms with Crippen molar-refractivity contribution in [1.82, 2.24) is 4.90 Å². The summed E-state index contributed by atoms with van der Waals surface area (Å²) in [5.41, 5.74) is 5.82. The van der Waals surface area contributed by atoms with Gasteiger partial charge in [-0.15, -0.1) is 0 Å². The van der Waals surface area contributed by atoms with Crippen molar-refractivity contribution in [3.05, 3.63) is 0 Å². The number of nitrogens with two attached hydrogens (primary N) is 1. The highest BCUT2D eigenvalue weighted by atomic mass is 16.2. The summed E-state index contributed by atoms with van der Waals surface area (Å²) in [6, 6.07) is -0.304. The largest absolute Gasteiger partial charge is 0.344 e. The molecule has 3 heteroatoms. The Morgan fingerprint density at radius 3 is 2.40 bits per heavy atom. The lowest BCUT2D eigenvalue weighted by atomic mass is 10.1. The summed E-state index contributed by atoms with van der Waals surface area (Å²) in [5.74, 6) is 0.719. The number of nitrogens with zero attached hydrogens (tertiary/aromatic N) is 1. The highest BCUT2D eigenvalue weighted by Crippen LogP contribution is 2.04. The number of unbranched alkanes of at least 4 members (excludes halogenated alkanes) is 1. The van der Waals surface area contributed by atoms with Crippen LogP contribution in [0.15, 0.2) is 0 Å². The molecule has 0 radical (unpaired) electrons. The van der Waals surface area contributed by atoms with Crippen molar-refractivity contribution in [3.8, 4) is 0 Å². The SMILES string of the molecule is CCCCC(N)C(=O)N(C)CCC(C)C. The second-order valence-corrected chi connectivity index (χ2v) is 4.69. The minimum Gasteiger partial charge on any atom is -0.344 e. The molecule has 2 N–H and O–H groups in total. The van der Waals surface area contributed by atoms with Crippen LogP contribution in [-0.4, -0.2) is 30.4 Å². The molecule has 0 spiro atoms. The molecule has 0 aliphatic heterocycles. The molecule has 0 aliphatic carbocycles. The topological polar surface area (TPSA) is 46.3 Å². The maximum atomic E-state index is 11.8. The van der Waals surface area contributed by atoms with Crippen LogP contribution >= 0.6 is 0 Å². The monoisotopic (exact) mass is 214 g/mol. The smallest absolute Gasteiger partial charge is 0.239 e. The van der Waals surface area contributed by atoms with E-state index in [1.807, 2.05) is 7.05 Å². The van der Waals surface area contributed by atoms with E-state index in [0.717, 1.165) is 32.2 Å². The van der Waals surface area contributed by atoms with Gasteiger partial charge in [0, 0.05) is 13.6 Å². The fourth-order valence-corrected chi connectivity index (χ4v) is 1.39. The Balaban J connectivity index is 3.85. The third-order valence-electron chi connectivity index (χ3n) is 2.60. The third kappa shape index (κ3) is 6.50. The molecule has 0 fully saturated rings. The summed E-state index contributed by atoms with van der Waals surface area (Å²) in [6.07, 6.45) is 3.98. The summed E-state index contributed by atoms with van der Waals surface area (Å²) < 4.78 is 0. The van der Waals surface area contributed by atoms with E-state index in [9.17, 15) is 4.79 Å². The van der Waals surface area contributed by atoms with Crippen LogP contribution in [0.3, 0.4) is 0 Å². The number of amides is 1. The van der Waals surface area contributed by atoms with Crippen molar-refractivity contribution in [3.63, 3.8) is 0 Å². The fraction of sp³-hybridized carbons (Fsp3) is 0.917. The number of hydrogen-bond donors (Lipinski definition) is 1. The Hall–Kier alpha value is -0.570. The summed E-state index contributed by atoms with van der Waals surface area (Å²) in [7, 11) is 1.84. The Kier molecular flexibility index (Phi) is 7.39. The summed E-state index contributed by atoms with van der Waals surface area (Å²) >= 11 is 0. The molecule has 0 aromatic rings. The van der Waals surface area contributed by atoms with E-state index < -0.39 is 0 Å². The van der Waals surface area contributed by atoms with Gasteiger partial charge in [0.15, 0.2) is 0 Å². The van der Waals surface area contributed by atoms with Gasteiger partial charge in [0.2, 0.25) is 5.91 Å². The first-order valence-electron chi connectivity index (χ1n) is 5.99. The van der Waals surface area contributed by atoms with Crippen LogP contribution in [0.4, 0.5) is 0 Å². The molecule has 1 atom stereocenters. The second-order valence-electron chi connectivity index (χ2n) is 4.69. The zero-order valence-electron chi connectivity index (χ0n) is 10.6. The molecule has 3 nitrogen and oxygen atoms in total. The first kappa shape index (κ1) is 14.4. The summed E-state index contributed by atoms with van der Waals surface area (Å²) in [5, 5.41) is 0. The Bertz CT molecular complexity index is 180. The molecule has 1 unspecified atom stereocenters. The molecule has 0 rings (SSSR count). The highest BCUT2D eigenvalue weighted by Gasteiger charge is 2.16. The van der Waals surface area contributed by atoms with Crippen molar-refractivity contribution in [1.29, 1.82) is 0 Å². The Morgan fingerprint density at radius 2 is 1.93 bits per heavy atom. The minimum absolute atomic E-state index is 0.0871. The second kappa shape index (κ2) is 7.69. The summed E-state index contributed by atoms with van der Waals surface area (Å²) in [4.78, 5) is 13.5. The number of hydrogen-bond acceptors (Lipinski definition) is 2. The van der Waals surface area contributed by atoms with Gasteiger partial charge >= 0.3 is 0 Å². The van der Waals surface area contributed by atoms with Gasteiger partial charge in [0.25, 0.3) is 0 Å². The van der Waals surface area contributed by atoms with E-state index >= 15 is 0 Å². The average Bonchev–Trinajstić information content (AvgIpc) is 2.21. The molecular weight excluding hydrogens is 188 g/mol. The lowest BCUT2D eigenvalue weighted by Crippen LogP contribution is -2.42. The number of carbonyl (C=O) groups is 1. The van der Waals surface area contributed by atoms with Crippen LogP contribution < -0.4 is 5.73 Å². The van der Waals surface area contributed by atoms with Crippen molar-refractivity contribution >= 4 is 5.91 Å². The first-order chi connectivity index (χ1) is 6.99. The van der Waals surface area contributed by atoms with Gasteiger partial charge in [-0.1, -0.05) is 33.6 Å². The van der Waals surface area contributed by atoms with Crippen LogP contribution in [0, 0.1) is 5.92 Å². The quantitative estimate of drug-likeness (QED) is 0.704. The van der Waals surface area contributed by atoms with Gasteiger partial charge in [-0.3, -0.25) is 4.79 Å². The minimum atomic E-state index is -0.304. The molecule has 0 heterocycles. The van der Waals surface area contributed by atoms with E-state index in [2.05, 4.69) is 20.8 Å². The Labute approximate surface area is 94.0 Å². The lowest BCUT2D eigenvalue weighted by molar-refractivity contribution is -0.131. The lowest BCUT2D eigenvalue weighted by Gasteiger charge is -2.22. The van der Waals surface area contributed by atoms with Crippen LogP contribution in [0.2, 0.25) is 0 Å². The van der Waals surface area contributed by atoms with E-state index in [4.69, 9.17) is 5.73 Å². The third-order valence-corrected chi connectivity index (χ3v) is 2.60. The maximum absolute atomic E-state index is 11.8. The fourth-order valence-electron chi connectivity index (χ4n) is 1.39. The number of rotatable bonds is 7. The van der Waals surface area contributed by atoms with Crippen molar-refractivity contribution in [2.24, 2.45) is 11.7 Å². The highest BCUT2D eigenvalue weighted by molar-refractivity contribution is 5.81. The molecule has 1 amide bonds. The van der Waals surface area contributed by atoms with Crippen LogP contribution in [0.25, 0.3) is 0 Å². The molecule has 0 aliphatic rings. The van der Waals surface area contributed by atoms with Gasteiger partial charge in [0.05, 0.1) is 6.04 Å². The predicted octanol–water partition coefficient (Wildman–Crippen LogP) is 2.01. The first-order valence-corrected chi connectivity index (χ1v) is 5.99. The van der Waals surface area contributed by atoms with E-state index in [1.54, 1.807) is 4.90 Å². The van der Waals surface area contributed by atoms with Gasteiger partial charge in [-0.05, 0) is 18.8 Å². The number of carbonyl (C=O) groups excluding carboxylic acids is 1. The van der Waals surface area contributed by atoms with E-state index in [1.165, 1.54) is 0 Å². The number of likely N-dealkylation sites (N-methyl/N-ethyl adjacent to an activating group) is 1. The van der Waals surface area contributed by atoms with Crippen LogP contribution in [0.1, 0.15) is 46.5 Å². The Morgan fingerprint density at radius 1 is 1.33 bits per heavy atom. The molecule has 90 valence electrons. The van der Waals surface area contributed by atoms with Crippen molar-refractivity contribution in [2.75, 3.05) is 13.6 Å². The standard InChI is InChI=1S/C12H26N2O/c1-5-6-7-11(13)12(15)14(4)9-8-10(2)3/h10-11H,5-9,13H2,1-4H3. The molecular formula is C12H26N2O. The van der Waals surface area contributed by atoms with E-state index in [-0.39, 0.29) is 11.9 Å². The van der Waals surface area contributed by atoms with Crippen molar-refractivity contribution in [2.45, 2.75) is 52.5 Å². The van der Waals surface area contributed by atoms with Crippen molar-refractivity contribution < 1.29 is 4.79 Å². The molecule has 0 saturated heterocycles. The molecule has 0 saturated carbocycles. The molecule has 0 bridgehead atoms. The van der Waals surface area contributed by atoms with Crippen LogP contribution in [0.5, 0.6) is 0 Å². The normalized spacial score (nSPS) is 12.9. The van der Waals surface area contributed by atoms with Gasteiger partial charge in [-0.2, -0.15) is 0 Å². The van der Waals surface area contributed by atoms with Crippen LogP contribution in [-0.2, 0) is 4.79 Å². The average molecular weight is 214 g/mol.